The first-order chi connectivity index (χ1) is 9.08. The molecular formula is C13H16BrNO4. The van der Waals surface area contributed by atoms with Gasteiger partial charge in [0.15, 0.2) is 11.5 Å². The first-order valence-corrected chi connectivity index (χ1v) is 6.93. The normalized spacial score (nSPS) is 15.7. The quantitative estimate of drug-likeness (QED) is 0.886. The maximum absolute atomic E-state index is 10.6. The first-order valence-electron chi connectivity index (χ1n) is 6.14. The molecular weight excluding hydrogens is 314 g/mol. The molecule has 0 fully saturated rings. The zero-order chi connectivity index (χ0) is 13.8. The molecule has 0 saturated heterocycles. The van der Waals surface area contributed by atoms with Gasteiger partial charge in [-0.25, -0.2) is 0 Å². The number of hydrogen-bond donors (Lipinski definition) is 2. The van der Waals surface area contributed by atoms with Crippen LogP contribution < -0.4 is 15.2 Å². The van der Waals surface area contributed by atoms with Crippen LogP contribution in [0.3, 0.4) is 0 Å². The third kappa shape index (κ3) is 3.61. The Bertz CT molecular complexity index is 478. The third-order valence-corrected chi connectivity index (χ3v) is 3.62. The molecule has 1 heterocycles. The van der Waals surface area contributed by atoms with Crippen molar-refractivity contribution in [1.82, 2.24) is 0 Å². The molecule has 0 aromatic heterocycles. The van der Waals surface area contributed by atoms with E-state index in [-0.39, 0.29) is 12.5 Å². The highest BCUT2D eigenvalue weighted by Crippen LogP contribution is 2.37. The second kappa shape index (κ2) is 6.25. The van der Waals surface area contributed by atoms with E-state index in [1.807, 2.05) is 12.1 Å². The van der Waals surface area contributed by atoms with E-state index >= 15 is 0 Å². The monoisotopic (exact) mass is 329 g/mol. The minimum absolute atomic E-state index is 0.0437. The fourth-order valence-corrected chi connectivity index (χ4v) is 2.53. The van der Waals surface area contributed by atoms with E-state index in [2.05, 4.69) is 15.9 Å². The van der Waals surface area contributed by atoms with Crippen molar-refractivity contribution in [3.63, 3.8) is 0 Å². The van der Waals surface area contributed by atoms with Gasteiger partial charge in [-0.2, -0.15) is 0 Å². The maximum Gasteiger partial charge on any atom is 0.303 e. The Labute approximate surface area is 119 Å². The van der Waals surface area contributed by atoms with Gasteiger partial charge in [-0.1, -0.05) is 15.9 Å². The van der Waals surface area contributed by atoms with Crippen LogP contribution in [-0.2, 0) is 4.79 Å². The minimum atomic E-state index is -0.846. The van der Waals surface area contributed by atoms with Crippen molar-refractivity contribution >= 4 is 21.9 Å². The lowest BCUT2D eigenvalue weighted by Crippen LogP contribution is -2.13. The van der Waals surface area contributed by atoms with E-state index < -0.39 is 5.97 Å². The summed E-state index contributed by atoms with van der Waals surface area (Å²) in [6.07, 6.45) is 1.27. The zero-order valence-electron chi connectivity index (χ0n) is 10.4. The van der Waals surface area contributed by atoms with Gasteiger partial charge in [0.2, 0.25) is 0 Å². The number of hydrogen-bond acceptors (Lipinski definition) is 4. The molecule has 0 amide bonds. The highest BCUT2D eigenvalue weighted by molar-refractivity contribution is 9.10. The van der Waals surface area contributed by atoms with Gasteiger partial charge in [0.05, 0.1) is 13.2 Å². The molecule has 2 rings (SSSR count). The van der Waals surface area contributed by atoms with Crippen LogP contribution in [0.2, 0.25) is 0 Å². The highest BCUT2D eigenvalue weighted by atomic mass is 79.9. The Kier molecular flexibility index (Phi) is 4.66. The topological polar surface area (TPSA) is 81.8 Å². The average Bonchev–Trinajstić information content (AvgIpc) is 2.59. The molecule has 19 heavy (non-hydrogen) atoms. The van der Waals surface area contributed by atoms with Gasteiger partial charge in [-0.3, -0.25) is 4.79 Å². The summed E-state index contributed by atoms with van der Waals surface area (Å²) in [7, 11) is 0. The molecule has 5 nitrogen and oxygen atoms in total. The van der Waals surface area contributed by atoms with Gasteiger partial charge >= 0.3 is 5.97 Å². The zero-order valence-corrected chi connectivity index (χ0v) is 12.0. The van der Waals surface area contributed by atoms with Crippen molar-refractivity contribution in [2.45, 2.75) is 25.3 Å². The number of aliphatic carboxylic acids is 1. The number of fused-ring (bicyclic) bond motifs is 1. The van der Waals surface area contributed by atoms with E-state index in [0.717, 1.165) is 16.5 Å². The van der Waals surface area contributed by atoms with Gasteiger partial charge in [0.1, 0.15) is 0 Å². The fourth-order valence-electron chi connectivity index (χ4n) is 1.92. The van der Waals surface area contributed by atoms with Crippen LogP contribution >= 0.6 is 15.9 Å². The molecule has 1 aliphatic heterocycles. The third-order valence-electron chi connectivity index (χ3n) is 2.94. The summed E-state index contributed by atoms with van der Waals surface area (Å²) in [6, 6.07) is 3.32. The lowest BCUT2D eigenvalue weighted by atomic mass is 10.0. The molecule has 3 N–H and O–H groups in total. The number of nitrogens with two attached hydrogens (primary N) is 1. The summed E-state index contributed by atoms with van der Waals surface area (Å²) >= 11 is 3.45. The van der Waals surface area contributed by atoms with Crippen molar-refractivity contribution in [2.75, 3.05) is 13.2 Å². The molecule has 1 aromatic carbocycles. The molecule has 0 radical (unpaired) electrons. The van der Waals surface area contributed by atoms with Gasteiger partial charge in [-0.05, 0) is 24.1 Å². The van der Waals surface area contributed by atoms with Gasteiger partial charge in [-0.15, -0.1) is 0 Å². The Morgan fingerprint density at radius 2 is 2.00 bits per heavy atom. The number of ether oxygens (including phenoxy) is 2. The van der Waals surface area contributed by atoms with E-state index in [0.29, 0.717) is 31.1 Å². The second-order valence-corrected chi connectivity index (χ2v) is 5.26. The smallest absolute Gasteiger partial charge is 0.303 e. The second-order valence-electron chi connectivity index (χ2n) is 4.41. The Balaban J connectivity index is 2.20. The van der Waals surface area contributed by atoms with Crippen molar-refractivity contribution in [3.05, 3.63) is 22.2 Å². The standard InChI is InChI=1S/C13H16BrNO4/c14-9-7-12-11(18-4-1-5-19-12)6-8(9)10(15)2-3-13(16)17/h6-7,10H,1-5,15H2,(H,16,17). The van der Waals surface area contributed by atoms with Crippen LogP contribution in [-0.4, -0.2) is 24.3 Å². The number of benzene rings is 1. The van der Waals surface area contributed by atoms with Crippen LogP contribution in [0, 0.1) is 0 Å². The average molecular weight is 330 g/mol. The molecule has 0 bridgehead atoms. The molecule has 1 atom stereocenters. The molecule has 0 spiro atoms. The lowest BCUT2D eigenvalue weighted by molar-refractivity contribution is -0.137. The summed E-state index contributed by atoms with van der Waals surface area (Å²) in [4.78, 5) is 10.6. The molecule has 104 valence electrons. The van der Waals surface area contributed by atoms with E-state index in [9.17, 15) is 4.79 Å². The minimum Gasteiger partial charge on any atom is -0.490 e. The molecule has 0 saturated carbocycles. The number of rotatable bonds is 4. The number of carbonyl (C=O) groups is 1. The van der Waals surface area contributed by atoms with Crippen molar-refractivity contribution < 1.29 is 19.4 Å². The van der Waals surface area contributed by atoms with Crippen molar-refractivity contribution in [3.8, 4) is 11.5 Å². The van der Waals surface area contributed by atoms with Crippen molar-refractivity contribution in [2.24, 2.45) is 5.73 Å². The summed E-state index contributed by atoms with van der Waals surface area (Å²) in [5, 5.41) is 8.70. The first kappa shape index (κ1) is 14.1. The van der Waals surface area contributed by atoms with Gasteiger partial charge in [0, 0.05) is 23.4 Å². The SMILES string of the molecule is NC(CCC(=O)O)c1cc2c(cc1Br)OCCCO2. The van der Waals surface area contributed by atoms with Crippen LogP contribution in [0.1, 0.15) is 30.9 Å². The van der Waals surface area contributed by atoms with Crippen LogP contribution in [0.25, 0.3) is 0 Å². The van der Waals surface area contributed by atoms with E-state index in [1.165, 1.54) is 0 Å². The summed E-state index contributed by atoms with van der Waals surface area (Å²) in [5.41, 5.74) is 6.87. The summed E-state index contributed by atoms with van der Waals surface area (Å²) in [5.74, 6) is 0.515. The predicted octanol–water partition coefficient (Wildman–Crippen LogP) is 2.48. The Morgan fingerprint density at radius 3 is 2.63 bits per heavy atom. The Morgan fingerprint density at radius 1 is 1.37 bits per heavy atom. The number of carboxylic acid groups (broad SMARTS) is 1. The Hall–Kier alpha value is -1.27. The summed E-state index contributed by atoms with van der Waals surface area (Å²) in [6.45, 7) is 1.24. The molecule has 1 aromatic rings. The van der Waals surface area contributed by atoms with E-state index in [4.69, 9.17) is 20.3 Å². The highest BCUT2D eigenvalue weighted by Gasteiger charge is 2.18. The fraction of sp³-hybridized carbons (Fsp3) is 0.462. The predicted molar refractivity (Wildman–Crippen MR) is 73.5 cm³/mol. The molecule has 1 aliphatic rings. The van der Waals surface area contributed by atoms with Crippen LogP contribution in [0.4, 0.5) is 0 Å². The molecule has 0 aliphatic carbocycles. The lowest BCUT2D eigenvalue weighted by Gasteiger charge is -2.16. The van der Waals surface area contributed by atoms with Crippen LogP contribution in [0.5, 0.6) is 11.5 Å². The number of carboxylic acids is 1. The van der Waals surface area contributed by atoms with Gasteiger partial charge < -0.3 is 20.3 Å². The number of halogens is 1. The van der Waals surface area contributed by atoms with Crippen molar-refractivity contribution in [1.29, 1.82) is 0 Å². The largest absolute Gasteiger partial charge is 0.490 e. The molecule has 6 heteroatoms. The molecule has 1 unspecified atom stereocenters. The van der Waals surface area contributed by atoms with E-state index in [1.54, 1.807) is 0 Å². The van der Waals surface area contributed by atoms with Crippen LogP contribution in [0.15, 0.2) is 16.6 Å². The van der Waals surface area contributed by atoms with Gasteiger partial charge in [0.25, 0.3) is 0 Å². The summed E-state index contributed by atoms with van der Waals surface area (Å²) < 4.78 is 12.0. The maximum atomic E-state index is 10.6.